The minimum atomic E-state index is -0.371. The number of benzene rings is 1. The van der Waals surface area contributed by atoms with Gasteiger partial charge in [-0.15, -0.1) is 0 Å². The predicted molar refractivity (Wildman–Crippen MR) is 91.9 cm³/mol. The summed E-state index contributed by atoms with van der Waals surface area (Å²) in [4.78, 5) is 14.7. The van der Waals surface area contributed by atoms with Crippen LogP contribution in [0.2, 0.25) is 0 Å². The Bertz CT molecular complexity index is 633. The Kier molecular flexibility index (Phi) is 4.78. The van der Waals surface area contributed by atoms with Gasteiger partial charge in [0, 0.05) is 37.3 Å². The number of piperidine rings is 1. The second-order valence-corrected chi connectivity index (χ2v) is 7.81. The molecule has 1 aromatic carbocycles. The van der Waals surface area contributed by atoms with Crippen molar-refractivity contribution in [3.05, 3.63) is 35.6 Å². The number of hydrogen-bond acceptors (Lipinski definition) is 3. The average Bonchev–Trinajstić information content (AvgIpc) is 3.45. The molecule has 0 unspecified atom stereocenters. The van der Waals surface area contributed by atoms with Crippen molar-refractivity contribution in [1.82, 2.24) is 4.90 Å². The molecular weight excluding hydrogens is 321 g/mol. The van der Waals surface area contributed by atoms with E-state index in [9.17, 15) is 9.18 Å². The number of halogens is 1. The third-order valence-corrected chi connectivity index (χ3v) is 5.79. The van der Waals surface area contributed by atoms with Crippen LogP contribution in [0, 0.1) is 17.2 Å². The van der Waals surface area contributed by atoms with Crippen molar-refractivity contribution in [3.63, 3.8) is 0 Å². The van der Waals surface area contributed by atoms with Crippen LogP contribution in [-0.4, -0.2) is 49.8 Å². The van der Waals surface area contributed by atoms with E-state index in [4.69, 9.17) is 9.47 Å². The van der Waals surface area contributed by atoms with Gasteiger partial charge in [-0.25, -0.2) is 4.39 Å². The minimum Gasteiger partial charge on any atom is -0.380 e. The molecule has 1 saturated carbocycles. The fraction of sp³-hybridized carbons (Fsp3) is 0.650. The van der Waals surface area contributed by atoms with Crippen LogP contribution in [0.25, 0.3) is 0 Å². The monoisotopic (exact) mass is 347 g/mol. The third-order valence-electron chi connectivity index (χ3n) is 5.79. The van der Waals surface area contributed by atoms with Gasteiger partial charge in [-0.1, -0.05) is 6.07 Å². The second kappa shape index (κ2) is 7.04. The Morgan fingerprint density at radius 3 is 3.04 bits per heavy atom. The summed E-state index contributed by atoms with van der Waals surface area (Å²) in [6.45, 7) is 3.57. The molecule has 1 amide bonds. The summed E-state index contributed by atoms with van der Waals surface area (Å²) >= 11 is 0. The molecule has 1 aromatic rings. The van der Waals surface area contributed by atoms with E-state index >= 15 is 0 Å². The number of amides is 1. The number of carbonyl (C=O) groups is 1. The molecule has 0 spiro atoms. The first-order valence-electron chi connectivity index (χ1n) is 9.40. The van der Waals surface area contributed by atoms with E-state index in [0.717, 1.165) is 38.4 Å². The molecule has 2 atom stereocenters. The number of likely N-dealkylation sites (tertiary alicyclic amines) is 1. The lowest BCUT2D eigenvalue weighted by Gasteiger charge is -2.50. The normalized spacial score (nSPS) is 29.3. The van der Waals surface area contributed by atoms with Crippen LogP contribution in [0.4, 0.5) is 4.39 Å². The van der Waals surface area contributed by atoms with Gasteiger partial charge in [-0.05, 0) is 56.2 Å². The molecule has 4 rings (SSSR count). The molecule has 2 heterocycles. The van der Waals surface area contributed by atoms with Crippen molar-refractivity contribution in [3.8, 4) is 0 Å². The summed E-state index contributed by atoms with van der Waals surface area (Å²) in [7, 11) is 0. The zero-order chi connectivity index (χ0) is 17.3. The van der Waals surface area contributed by atoms with Crippen LogP contribution in [0.5, 0.6) is 0 Å². The Labute approximate surface area is 148 Å². The smallest absolute Gasteiger partial charge is 0.253 e. The van der Waals surface area contributed by atoms with Gasteiger partial charge in [0.05, 0.1) is 12.7 Å². The molecule has 2 aliphatic heterocycles. The van der Waals surface area contributed by atoms with Crippen molar-refractivity contribution >= 4 is 5.91 Å². The zero-order valence-electron chi connectivity index (χ0n) is 14.6. The van der Waals surface area contributed by atoms with Crippen LogP contribution in [-0.2, 0) is 9.47 Å². The number of ether oxygens (including phenoxy) is 2. The van der Waals surface area contributed by atoms with Crippen molar-refractivity contribution in [2.45, 2.75) is 38.2 Å². The maximum Gasteiger partial charge on any atom is 0.253 e. The summed E-state index contributed by atoms with van der Waals surface area (Å²) in [6, 6.07) is 5.96. The standard InChI is InChI=1S/C20H26FNO3/c21-17-4-1-3-16(11-17)19(23)22-9-7-18-20(13-22,8-2-10-25-18)14-24-12-15-5-6-15/h1,3-4,11,15,18H,2,5-10,12-14H2/t18-,20-/m1/s1. The van der Waals surface area contributed by atoms with Crippen LogP contribution in [0.1, 0.15) is 42.5 Å². The molecule has 25 heavy (non-hydrogen) atoms. The van der Waals surface area contributed by atoms with Crippen molar-refractivity contribution in [2.24, 2.45) is 11.3 Å². The van der Waals surface area contributed by atoms with Gasteiger partial charge < -0.3 is 14.4 Å². The Morgan fingerprint density at radius 2 is 2.24 bits per heavy atom. The molecule has 4 nitrogen and oxygen atoms in total. The van der Waals surface area contributed by atoms with Crippen LogP contribution >= 0.6 is 0 Å². The lowest BCUT2D eigenvalue weighted by molar-refractivity contribution is -0.147. The van der Waals surface area contributed by atoms with Crippen LogP contribution in [0.15, 0.2) is 24.3 Å². The van der Waals surface area contributed by atoms with E-state index in [-0.39, 0.29) is 23.2 Å². The number of rotatable bonds is 5. The molecule has 136 valence electrons. The molecule has 3 fully saturated rings. The number of carbonyl (C=O) groups excluding carboxylic acids is 1. The Morgan fingerprint density at radius 1 is 1.36 bits per heavy atom. The van der Waals surface area contributed by atoms with Gasteiger partial charge in [0.2, 0.25) is 0 Å². The van der Waals surface area contributed by atoms with Gasteiger partial charge in [-0.3, -0.25) is 4.79 Å². The molecular formula is C20H26FNO3. The van der Waals surface area contributed by atoms with E-state index in [2.05, 4.69) is 0 Å². The predicted octanol–water partition coefficient (Wildman–Crippen LogP) is 3.26. The first-order valence-corrected chi connectivity index (χ1v) is 9.40. The van der Waals surface area contributed by atoms with E-state index in [1.165, 1.54) is 25.0 Å². The SMILES string of the molecule is O=C(c1cccc(F)c1)N1CC[C@H]2OCCC[C@]2(COCC2CC2)C1. The lowest BCUT2D eigenvalue weighted by Crippen LogP contribution is -2.58. The molecule has 3 aliphatic rings. The highest BCUT2D eigenvalue weighted by molar-refractivity contribution is 5.94. The fourth-order valence-corrected chi connectivity index (χ4v) is 4.19. The molecule has 1 aliphatic carbocycles. The van der Waals surface area contributed by atoms with Gasteiger partial charge in [0.1, 0.15) is 5.82 Å². The summed E-state index contributed by atoms with van der Waals surface area (Å²) < 4.78 is 25.5. The highest BCUT2D eigenvalue weighted by Crippen LogP contribution is 2.41. The quantitative estimate of drug-likeness (QED) is 0.821. The summed E-state index contributed by atoms with van der Waals surface area (Å²) in [5, 5.41) is 0. The molecule has 5 heteroatoms. The Balaban J connectivity index is 1.47. The molecule has 0 aromatic heterocycles. The van der Waals surface area contributed by atoms with Crippen LogP contribution in [0.3, 0.4) is 0 Å². The summed E-state index contributed by atoms with van der Waals surface area (Å²) in [6.07, 6.45) is 5.57. The highest BCUT2D eigenvalue weighted by atomic mass is 19.1. The zero-order valence-corrected chi connectivity index (χ0v) is 14.6. The second-order valence-electron chi connectivity index (χ2n) is 7.81. The van der Waals surface area contributed by atoms with Crippen molar-refractivity contribution in [2.75, 3.05) is 32.9 Å². The van der Waals surface area contributed by atoms with E-state index < -0.39 is 0 Å². The molecule has 0 bridgehead atoms. The maximum atomic E-state index is 13.5. The average molecular weight is 347 g/mol. The summed E-state index contributed by atoms with van der Waals surface area (Å²) in [5.74, 6) is 0.266. The van der Waals surface area contributed by atoms with Gasteiger partial charge >= 0.3 is 0 Å². The largest absolute Gasteiger partial charge is 0.380 e. The van der Waals surface area contributed by atoms with Gasteiger partial charge in [-0.2, -0.15) is 0 Å². The number of fused-ring (bicyclic) bond motifs is 1. The first kappa shape index (κ1) is 17.0. The Hall–Kier alpha value is -1.46. The fourth-order valence-electron chi connectivity index (χ4n) is 4.19. The van der Waals surface area contributed by atoms with Crippen molar-refractivity contribution < 1.29 is 18.7 Å². The summed E-state index contributed by atoms with van der Waals surface area (Å²) in [5.41, 5.74) is 0.304. The lowest BCUT2D eigenvalue weighted by atomic mass is 9.73. The van der Waals surface area contributed by atoms with E-state index in [1.807, 2.05) is 4.90 Å². The molecule has 0 N–H and O–H groups in total. The first-order chi connectivity index (χ1) is 12.2. The van der Waals surface area contributed by atoms with Gasteiger partial charge in [0.15, 0.2) is 0 Å². The maximum absolute atomic E-state index is 13.5. The van der Waals surface area contributed by atoms with E-state index in [0.29, 0.717) is 25.3 Å². The minimum absolute atomic E-state index is 0.0925. The van der Waals surface area contributed by atoms with E-state index in [1.54, 1.807) is 12.1 Å². The third kappa shape index (κ3) is 3.72. The highest BCUT2D eigenvalue weighted by Gasteiger charge is 2.47. The number of nitrogens with zero attached hydrogens (tertiary/aromatic N) is 1. The van der Waals surface area contributed by atoms with Crippen LogP contribution < -0.4 is 0 Å². The molecule has 0 radical (unpaired) electrons. The molecule has 2 saturated heterocycles. The van der Waals surface area contributed by atoms with Gasteiger partial charge in [0.25, 0.3) is 5.91 Å². The number of hydrogen-bond donors (Lipinski definition) is 0. The van der Waals surface area contributed by atoms with Crippen molar-refractivity contribution in [1.29, 1.82) is 0 Å². The topological polar surface area (TPSA) is 38.8 Å².